The van der Waals surface area contributed by atoms with E-state index in [0.717, 1.165) is 72.5 Å². The lowest BCUT2D eigenvalue weighted by Gasteiger charge is -2.38. The van der Waals surface area contributed by atoms with E-state index >= 15 is 0 Å². The number of benzene rings is 3. The summed E-state index contributed by atoms with van der Waals surface area (Å²) in [6.45, 7) is 14.0. The summed E-state index contributed by atoms with van der Waals surface area (Å²) in [5, 5.41) is 2.31. The van der Waals surface area contributed by atoms with Gasteiger partial charge < -0.3 is 15.4 Å². The van der Waals surface area contributed by atoms with Gasteiger partial charge in [-0.3, -0.25) is 4.57 Å². The van der Waals surface area contributed by atoms with Crippen molar-refractivity contribution in [1.29, 1.82) is 0 Å². The second-order valence-electron chi connectivity index (χ2n) is 10.8. The number of hydrogen-bond donors (Lipinski definition) is 1. The summed E-state index contributed by atoms with van der Waals surface area (Å²) < 4.78 is 7.63. The number of hydrogen-bond acceptors (Lipinski definition) is 4. The number of imidazole rings is 1. The second kappa shape index (κ2) is 13.1. The number of aromatic nitrogens is 2. The van der Waals surface area contributed by atoms with Gasteiger partial charge in [0.1, 0.15) is 5.82 Å². The van der Waals surface area contributed by atoms with Crippen molar-refractivity contribution in [2.75, 3.05) is 31.2 Å². The molecule has 3 aromatic carbocycles. The van der Waals surface area contributed by atoms with E-state index in [4.69, 9.17) is 27.1 Å². The maximum atomic E-state index is 6.59. The van der Waals surface area contributed by atoms with Crippen molar-refractivity contribution in [2.45, 2.75) is 45.6 Å². The topological polar surface area (TPSA) is 56.3 Å². The molecule has 1 saturated heterocycles. The summed E-state index contributed by atoms with van der Waals surface area (Å²) in [5.41, 5.74) is 13.1. The largest absolute Gasteiger partial charge is 0.378 e. The predicted octanol–water partition coefficient (Wildman–Crippen LogP) is 6.69. The first-order valence-electron chi connectivity index (χ1n) is 15.0. The van der Waals surface area contributed by atoms with Crippen LogP contribution >= 0.6 is 11.6 Å². The van der Waals surface area contributed by atoms with Crippen molar-refractivity contribution < 1.29 is 4.74 Å². The lowest BCUT2D eigenvalue weighted by atomic mass is 9.73. The first-order valence-corrected chi connectivity index (χ1v) is 15.3. The Labute approximate surface area is 254 Å². The molecule has 1 saturated carbocycles. The molecule has 218 valence electrons. The summed E-state index contributed by atoms with van der Waals surface area (Å²) in [6.07, 6.45) is 7.43. The molecule has 6 rings (SSSR count). The van der Waals surface area contributed by atoms with E-state index in [2.05, 4.69) is 83.7 Å². The Morgan fingerprint density at radius 2 is 1.69 bits per heavy atom. The van der Waals surface area contributed by atoms with Gasteiger partial charge in [0, 0.05) is 40.6 Å². The molecule has 5 nitrogen and oxygen atoms in total. The summed E-state index contributed by atoms with van der Waals surface area (Å²) in [6, 6.07) is 25.0. The van der Waals surface area contributed by atoms with E-state index in [1.165, 1.54) is 23.2 Å². The van der Waals surface area contributed by atoms with Crippen molar-refractivity contribution in [2.24, 2.45) is 5.73 Å². The Bertz CT molecular complexity index is 1660. The molecule has 0 unspecified atom stereocenters. The molecular weight excluding hydrogens is 540 g/mol. The Morgan fingerprint density at radius 1 is 0.976 bits per heavy atom. The van der Waals surface area contributed by atoms with Crippen LogP contribution < -0.4 is 21.3 Å². The van der Waals surface area contributed by atoms with Gasteiger partial charge in [0.25, 0.3) is 0 Å². The monoisotopic (exact) mass is 580 g/mol. The van der Waals surface area contributed by atoms with Gasteiger partial charge in [0.05, 0.1) is 23.9 Å². The van der Waals surface area contributed by atoms with Crippen molar-refractivity contribution in [1.82, 2.24) is 9.55 Å². The highest BCUT2D eigenvalue weighted by Crippen LogP contribution is 2.38. The smallest absolute Gasteiger partial charge is 0.145 e. The molecule has 0 radical (unpaired) electrons. The molecule has 2 fully saturated rings. The minimum atomic E-state index is -0.198. The van der Waals surface area contributed by atoms with E-state index in [1.807, 2.05) is 38.1 Å². The summed E-state index contributed by atoms with van der Waals surface area (Å²) in [7, 11) is 0. The van der Waals surface area contributed by atoms with Gasteiger partial charge in [-0.1, -0.05) is 74.5 Å². The SMILES string of the molecule is C=c1/c(=C\C=C(/C)c2cccc(N3CCOCC3)c2)nc(-c2cccc(Cl)c2)n1-c1ccc(C2(N)CCC2)cc1.CC. The zero-order valence-corrected chi connectivity index (χ0v) is 25.7. The van der Waals surface area contributed by atoms with Crippen LogP contribution in [0.15, 0.2) is 78.9 Å². The third kappa shape index (κ3) is 6.24. The Kier molecular flexibility index (Phi) is 9.32. The molecule has 0 amide bonds. The molecule has 2 heterocycles. The molecule has 1 aliphatic carbocycles. The van der Waals surface area contributed by atoms with E-state index in [-0.39, 0.29) is 5.54 Å². The van der Waals surface area contributed by atoms with E-state index in [0.29, 0.717) is 5.02 Å². The zero-order chi connectivity index (χ0) is 29.7. The molecule has 4 aromatic rings. The van der Waals surface area contributed by atoms with Gasteiger partial charge in [-0.05, 0) is 85.4 Å². The van der Waals surface area contributed by atoms with Crippen LogP contribution in [0.25, 0.3) is 35.3 Å². The summed E-state index contributed by atoms with van der Waals surface area (Å²) >= 11 is 6.38. The van der Waals surface area contributed by atoms with Gasteiger partial charge in [-0.2, -0.15) is 0 Å². The normalized spacial score (nSPS) is 16.9. The average Bonchev–Trinajstić information content (AvgIpc) is 3.36. The fraction of sp³-hybridized carbons (Fsp3) is 0.306. The van der Waals surface area contributed by atoms with Crippen LogP contribution in [-0.2, 0) is 10.3 Å². The predicted molar refractivity (Wildman–Crippen MR) is 177 cm³/mol. The molecule has 1 aliphatic heterocycles. The van der Waals surface area contributed by atoms with Gasteiger partial charge in [-0.15, -0.1) is 0 Å². The van der Waals surface area contributed by atoms with Crippen LogP contribution in [0, 0.1) is 0 Å². The standard InChI is InChI=1S/C34H35ClN4O.C2H6/c1-24(26-6-4-9-31(23-26)38-18-20-40-21-19-38)10-15-32-25(2)39(33(37-32)27-7-3-8-29(35)22-27)30-13-11-28(12-14-30)34(36)16-5-17-34;1-2/h3-4,6-15,22-23H,2,5,16-21,36H2,1H3;1-2H3/b24-10+,32-15+;. The minimum Gasteiger partial charge on any atom is -0.378 e. The number of anilines is 1. The Hall–Kier alpha value is -3.64. The Morgan fingerprint density at radius 3 is 2.36 bits per heavy atom. The van der Waals surface area contributed by atoms with Gasteiger partial charge >= 0.3 is 0 Å². The zero-order valence-electron chi connectivity index (χ0n) is 24.9. The van der Waals surface area contributed by atoms with Gasteiger partial charge in [0.2, 0.25) is 0 Å². The third-order valence-corrected chi connectivity index (χ3v) is 8.44. The van der Waals surface area contributed by atoms with Crippen molar-refractivity contribution in [3.63, 3.8) is 0 Å². The fourth-order valence-electron chi connectivity index (χ4n) is 5.56. The summed E-state index contributed by atoms with van der Waals surface area (Å²) in [4.78, 5) is 7.42. The molecular formula is C36H41ClN4O. The molecule has 2 aliphatic rings. The number of ether oxygens (including phenoxy) is 1. The van der Waals surface area contributed by atoms with Gasteiger partial charge in [0.15, 0.2) is 0 Å². The van der Waals surface area contributed by atoms with E-state index in [1.54, 1.807) is 0 Å². The summed E-state index contributed by atoms with van der Waals surface area (Å²) in [5.74, 6) is 0.804. The van der Waals surface area contributed by atoms with Crippen LogP contribution in [0.1, 0.15) is 51.2 Å². The second-order valence-corrected chi connectivity index (χ2v) is 11.3. The van der Waals surface area contributed by atoms with Crippen molar-refractivity contribution in [3.05, 3.63) is 106 Å². The van der Waals surface area contributed by atoms with E-state index < -0.39 is 0 Å². The van der Waals surface area contributed by atoms with Crippen LogP contribution in [-0.4, -0.2) is 35.9 Å². The number of nitrogens with zero attached hydrogens (tertiary/aromatic N) is 3. The molecule has 2 N–H and O–H groups in total. The number of allylic oxidation sites excluding steroid dienone is 2. The molecule has 0 spiro atoms. The first-order chi connectivity index (χ1) is 20.4. The molecule has 6 heteroatoms. The highest BCUT2D eigenvalue weighted by molar-refractivity contribution is 6.30. The quantitative estimate of drug-likeness (QED) is 0.276. The van der Waals surface area contributed by atoms with Gasteiger partial charge in [-0.25, -0.2) is 4.98 Å². The van der Waals surface area contributed by atoms with Crippen LogP contribution in [0.4, 0.5) is 5.69 Å². The average molecular weight is 581 g/mol. The van der Waals surface area contributed by atoms with Crippen LogP contribution in [0.2, 0.25) is 5.02 Å². The molecule has 42 heavy (non-hydrogen) atoms. The number of rotatable bonds is 6. The third-order valence-electron chi connectivity index (χ3n) is 8.20. The number of morpholine rings is 1. The lowest BCUT2D eigenvalue weighted by molar-refractivity contribution is 0.122. The number of halogens is 1. The van der Waals surface area contributed by atoms with Crippen molar-refractivity contribution in [3.8, 4) is 17.1 Å². The lowest BCUT2D eigenvalue weighted by Crippen LogP contribution is -2.43. The Balaban J connectivity index is 0.00000173. The molecule has 1 aromatic heterocycles. The minimum absolute atomic E-state index is 0.198. The molecule has 0 atom stereocenters. The highest BCUT2D eigenvalue weighted by Gasteiger charge is 2.34. The van der Waals surface area contributed by atoms with Crippen LogP contribution in [0.5, 0.6) is 0 Å². The fourth-order valence-corrected chi connectivity index (χ4v) is 5.75. The first kappa shape index (κ1) is 29.8. The van der Waals surface area contributed by atoms with E-state index in [9.17, 15) is 0 Å². The maximum absolute atomic E-state index is 6.59. The maximum Gasteiger partial charge on any atom is 0.145 e. The van der Waals surface area contributed by atoms with Crippen molar-refractivity contribution >= 4 is 35.5 Å². The number of nitrogens with two attached hydrogens (primary N) is 1. The molecule has 0 bridgehead atoms. The van der Waals surface area contributed by atoms with Crippen LogP contribution in [0.3, 0.4) is 0 Å². The highest BCUT2D eigenvalue weighted by atomic mass is 35.5.